The summed E-state index contributed by atoms with van der Waals surface area (Å²) in [5.74, 6) is 1.87. The summed E-state index contributed by atoms with van der Waals surface area (Å²) in [6.07, 6.45) is 1.97. The molecule has 0 amide bonds. The maximum absolute atomic E-state index is 11.5. The summed E-state index contributed by atoms with van der Waals surface area (Å²) in [5.41, 5.74) is 0.692. The van der Waals surface area contributed by atoms with Crippen molar-refractivity contribution in [2.24, 2.45) is 5.14 Å². The van der Waals surface area contributed by atoms with Gasteiger partial charge < -0.3 is 14.8 Å². The fourth-order valence-corrected chi connectivity index (χ4v) is 3.28. The molecule has 0 unspecified atom stereocenters. The first-order chi connectivity index (χ1) is 11.4. The van der Waals surface area contributed by atoms with Gasteiger partial charge in [0.15, 0.2) is 0 Å². The molecule has 0 aliphatic heterocycles. The van der Waals surface area contributed by atoms with E-state index in [2.05, 4.69) is 5.32 Å². The summed E-state index contributed by atoms with van der Waals surface area (Å²) < 4.78 is 34.3. The van der Waals surface area contributed by atoms with Crippen molar-refractivity contribution >= 4 is 21.8 Å². The second-order valence-electron chi connectivity index (χ2n) is 4.96. The van der Waals surface area contributed by atoms with Crippen LogP contribution in [0.3, 0.4) is 0 Å². The van der Waals surface area contributed by atoms with Gasteiger partial charge in [-0.3, -0.25) is 0 Å². The highest BCUT2D eigenvalue weighted by Gasteiger charge is 2.13. The smallest absolute Gasteiger partial charge is 0.238 e. The van der Waals surface area contributed by atoms with Crippen LogP contribution in [0.2, 0.25) is 0 Å². The minimum absolute atomic E-state index is 0.0513. The molecule has 0 saturated heterocycles. The molecule has 0 radical (unpaired) electrons. The molecule has 2 rings (SSSR count). The highest BCUT2D eigenvalue weighted by atomic mass is 32.2. The van der Waals surface area contributed by atoms with Gasteiger partial charge in [-0.15, -0.1) is 11.8 Å². The Kier molecular flexibility index (Phi) is 6.11. The minimum atomic E-state index is -3.76. The standard InChI is InChI=1S/C16H20N2O4S2/c1-18-10-11-8-13(24(17,19)20)5-6-14(11)22-12-4-7-16(23-3)15(9-12)21-2/h4-9,18H,10H2,1-3H3,(H2,17,19,20). The van der Waals surface area contributed by atoms with E-state index in [-0.39, 0.29) is 4.90 Å². The van der Waals surface area contributed by atoms with Crippen LogP contribution in [0.4, 0.5) is 0 Å². The summed E-state index contributed by atoms with van der Waals surface area (Å²) in [6, 6.07) is 10.1. The first-order valence-electron chi connectivity index (χ1n) is 7.09. The van der Waals surface area contributed by atoms with Crippen LogP contribution in [0.1, 0.15) is 5.56 Å². The van der Waals surface area contributed by atoms with Crippen molar-refractivity contribution in [2.45, 2.75) is 16.3 Å². The molecule has 0 bridgehead atoms. The van der Waals surface area contributed by atoms with Crippen LogP contribution in [0.15, 0.2) is 46.2 Å². The van der Waals surface area contributed by atoms with Crippen LogP contribution in [0, 0.1) is 0 Å². The molecular weight excluding hydrogens is 348 g/mol. The third kappa shape index (κ3) is 4.41. The zero-order valence-corrected chi connectivity index (χ0v) is 15.3. The Hall–Kier alpha value is -1.74. The van der Waals surface area contributed by atoms with E-state index in [1.54, 1.807) is 38.1 Å². The largest absolute Gasteiger partial charge is 0.495 e. The molecule has 130 valence electrons. The van der Waals surface area contributed by atoms with Gasteiger partial charge in [-0.2, -0.15) is 0 Å². The van der Waals surface area contributed by atoms with Crippen LogP contribution in [-0.2, 0) is 16.6 Å². The lowest BCUT2D eigenvalue weighted by Gasteiger charge is -2.14. The molecular formula is C16H20N2O4S2. The molecule has 24 heavy (non-hydrogen) atoms. The molecule has 6 nitrogen and oxygen atoms in total. The lowest BCUT2D eigenvalue weighted by Crippen LogP contribution is -2.14. The number of primary sulfonamides is 1. The third-order valence-corrected chi connectivity index (χ3v) is 5.00. The van der Waals surface area contributed by atoms with Crippen molar-refractivity contribution in [1.29, 1.82) is 0 Å². The van der Waals surface area contributed by atoms with Gasteiger partial charge in [0, 0.05) is 23.1 Å². The number of methoxy groups -OCH3 is 1. The van der Waals surface area contributed by atoms with Gasteiger partial charge >= 0.3 is 0 Å². The van der Waals surface area contributed by atoms with Gasteiger partial charge in [0.25, 0.3) is 0 Å². The van der Waals surface area contributed by atoms with Crippen LogP contribution >= 0.6 is 11.8 Å². The molecule has 3 N–H and O–H groups in total. The van der Waals surface area contributed by atoms with E-state index in [1.807, 2.05) is 18.4 Å². The normalized spacial score (nSPS) is 11.3. The van der Waals surface area contributed by atoms with Crippen molar-refractivity contribution in [3.05, 3.63) is 42.0 Å². The molecule has 0 aliphatic carbocycles. The lowest BCUT2D eigenvalue weighted by atomic mass is 10.2. The van der Waals surface area contributed by atoms with Gasteiger partial charge in [0.2, 0.25) is 10.0 Å². The number of nitrogens with one attached hydrogen (secondary N) is 1. The van der Waals surface area contributed by atoms with E-state index in [9.17, 15) is 8.42 Å². The number of sulfonamides is 1. The summed E-state index contributed by atoms with van der Waals surface area (Å²) in [4.78, 5) is 1.06. The Morgan fingerprint density at radius 3 is 2.50 bits per heavy atom. The monoisotopic (exact) mass is 368 g/mol. The summed E-state index contributed by atoms with van der Waals surface area (Å²) in [5, 5.41) is 8.17. The van der Waals surface area contributed by atoms with Crippen LogP contribution in [-0.4, -0.2) is 28.8 Å². The number of hydrogen-bond acceptors (Lipinski definition) is 6. The number of ether oxygens (including phenoxy) is 2. The minimum Gasteiger partial charge on any atom is -0.495 e. The third-order valence-electron chi connectivity index (χ3n) is 3.31. The predicted octanol–water partition coefficient (Wildman–Crippen LogP) is 2.58. The average Bonchev–Trinajstić information content (AvgIpc) is 2.55. The molecule has 2 aromatic carbocycles. The first-order valence-corrected chi connectivity index (χ1v) is 9.86. The molecule has 8 heteroatoms. The Bertz CT molecular complexity index is 823. The highest BCUT2D eigenvalue weighted by Crippen LogP contribution is 2.34. The van der Waals surface area contributed by atoms with E-state index < -0.39 is 10.0 Å². The topological polar surface area (TPSA) is 90.7 Å². The van der Waals surface area contributed by atoms with Gasteiger partial charge in [-0.05, 0) is 43.6 Å². The SMILES string of the molecule is CNCc1cc(S(N)(=O)=O)ccc1Oc1ccc(SC)c(OC)c1. The zero-order chi connectivity index (χ0) is 17.7. The number of rotatable bonds is 7. The number of benzene rings is 2. The van der Waals surface area contributed by atoms with Crippen LogP contribution < -0.4 is 19.9 Å². The average molecular weight is 368 g/mol. The lowest BCUT2D eigenvalue weighted by molar-refractivity contribution is 0.399. The molecule has 0 aliphatic rings. The summed E-state index contributed by atoms with van der Waals surface area (Å²) in [7, 11) is -0.388. The maximum Gasteiger partial charge on any atom is 0.238 e. The molecule has 0 saturated carbocycles. The van der Waals surface area contributed by atoms with E-state index in [4.69, 9.17) is 14.6 Å². The predicted molar refractivity (Wildman–Crippen MR) is 95.4 cm³/mol. The maximum atomic E-state index is 11.5. The molecule has 0 aromatic heterocycles. The Morgan fingerprint density at radius 1 is 1.17 bits per heavy atom. The second-order valence-corrected chi connectivity index (χ2v) is 7.37. The van der Waals surface area contributed by atoms with E-state index in [0.29, 0.717) is 23.6 Å². The molecule has 0 atom stereocenters. The van der Waals surface area contributed by atoms with Crippen molar-refractivity contribution in [3.63, 3.8) is 0 Å². The van der Waals surface area contributed by atoms with Crippen molar-refractivity contribution in [3.8, 4) is 17.2 Å². The Balaban J connectivity index is 2.38. The quantitative estimate of drug-likeness (QED) is 0.730. The fourth-order valence-electron chi connectivity index (χ4n) is 2.17. The number of nitrogens with two attached hydrogens (primary N) is 1. The van der Waals surface area contributed by atoms with E-state index in [1.165, 1.54) is 12.1 Å². The van der Waals surface area contributed by atoms with Crippen molar-refractivity contribution < 1.29 is 17.9 Å². The van der Waals surface area contributed by atoms with Crippen molar-refractivity contribution in [2.75, 3.05) is 20.4 Å². The highest BCUT2D eigenvalue weighted by molar-refractivity contribution is 7.98. The van der Waals surface area contributed by atoms with Gasteiger partial charge in [0.05, 0.1) is 12.0 Å². The Morgan fingerprint density at radius 2 is 1.92 bits per heavy atom. The van der Waals surface area contributed by atoms with Crippen molar-refractivity contribution in [1.82, 2.24) is 5.32 Å². The zero-order valence-electron chi connectivity index (χ0n) is 13.7. The van der Waals surface area contributed by atoms with Gasteiger partial charge in [-0.1, -0.05) is 0 Å². The molecule has 2 aromatic rings. The van der Waals surface area contributed by atoms with Crippen LogP contribution in [0.25, 0.3) is 0 Å². The number of hydrogen-bond donors (Lipinski definition) is 2. The Labute approximate surface area is 146 Å². The second kappa shape index (κ2) is 7.89. The molecule has 0 fully saturated rings. The fraction of sp³-hybridized carbons (Fsp3) is 0.250. The summed E-state index contributed by atoms with van der Waals surface area (Å²) >= 11 is 1.58. The van der Waals surface area contributed by atoms with E-state index in [0.717, 1.165) is 10.6 Å². The van der Waals surface area contributed by atoms with Gasteiger partial charge in [-0.25, -0.2) is 13.6 Å². The first kappa shape index (κ1) is 18.6. The summed E-state index contributed by atoms with van der Waals surface area (Å²) in [6.45, 7) is 0.443. The van der Waals surface area contributed by atoms with Crippen LogP contribution in [0.5, 0.6) is 17.2 Å². The molecule has 0 heterocycles. The molecule has 0 spiro atoms. The van der Waals surface area contributed by atoms with E-state index >= 15 is 0 Å². The van der Waals surface area contributed by atoms with Gasteiger partial charge in [0.1, 0.15) is 17.2 Å². The number of thioether (sulfide) groups is 1.